The zero-order valence-electron chi connectivity index (χ0n) is 18.0. The number of benzene rings is 3. The predicted molar refractivity (Wildman–Crippen MR) is 123 cm³/mol. The first kappa shape index (κ1) is 20.9. The summed E-state index contributed by atoms with van der Waals surface area (Å²) in [5.74, 6) is -0.569. The monoisotopic (exact) mass is 440 g/mol. The molecule has 6 heteroatoms. The van der Waals surface area contributed by atoms with Crippen LogP contribution < -0.4 is 5.32 Å². The summed E-state index contributed by atoms with van der Waals surface area (Å²) in [6, 6.07) is 18.4. The number of hydrogen-bond donors (Lipinski definition) is 2. The van der Waals surface area contributed by atoms with Gasteiger partial charge in [-0.05, 0) is 71.8 Å². The Morgan fingerprint density at radius 2 is 2.00 bits per heavy atom. The van der Waals surface area contributed by atoms with E-state index >= 15 is 0 Å². The average Bonchev–Trinajstić information content (AvgIpc) is 3.40. The lowest BCUT2D eigenvalue weighted by Gasteiger charge is -2.12. The molecule has 0 saturated carbocycles. The lowest BCUT2D eigenvalue weighted by Crippen LogP contribution is -2.26. The Balaban J connectivity index is 1.61. The van der Waals surface area contributed by atoms with Gasteiger partial charge in [0.1, 0.15) is 17.6 Å². The van der Waals surface area contributed by atoms with Crippen molar-refractivity contribution < 1.29 is 18.7 Å². The number of carboxylic acid groups (broad SMARTS) is 1. The van der Waals surface area contributed by atoms with E-state index in [2.05, 4.69) is 11.4 Å². The number of nitrogens with zero attached hydrogens (tertiary/aromatic N) is 1. The number of nitrogens with one attached hydrogen (secondary N) is 1. The van der Waals surface area contributed by atoms with E-state index in [-0.39, 0.29) is 18.4 Å². The number of carboxylic acids is 1. The van der Waals surface area contributed by atoms with E-state index in [1.54, 1.807) is 6.07 Å². The van der Waals surface area contributed by atoms with Crippen molar-refractivity contribution in [3.8, 4) is 28.5 Å². The van der Waals surface area contributed by atoms with E-state index in [4.69, 9.17) is 9.52 Å². The molecule has 5 nitrogen and oxygen atoms in total. The molecule has 1 aromatic heterocycles. The van der Waals surface area contributed by atoms with Gasteiger partial charge in [-0.2, -0.15) is 5.26 Å². The molecular weight excluding hydrogens is 419 g/mol. The normalized spacial score (nSPS) is 14.9. The van der Waals surface area contributed by atoms with Gasteiger partial charge in [0.25, 0.3) is 0 Å². The van der Waals surface area contributed by atoms with Gasteiger partial charge in [0, 0.05) is 17.0 Å². The molecule has 4 aromatic rings. The average molecular weight is 440 g/mol. The third kappa shape index (κ3) is 3.67. The lowest BCUT2D eigenvalue weighted by molar-refractivity contribution is -0.136. The molecule has 0 aliphatic heterocycles. The van der Waals surface area contributed by atoms with Crippen LogP contribution in [0.2, 0.25) is 0 Å². The molecular formula is C27H21FN2O3. The van der Waals surface area contributed by atoms with Crippen LogP contribution in [0.5, 0.6) is 0 Å². The van der Waals surface area contributed by atoms with Crippen LogP contribution in [0.4, 0.5) is 4.39 Å². The Labute approximate surface area is 190 Å². The van der Waals surface area contributed by atoms with E-state index in [0.717, 1.165) is 45.2 Å². The molecule has 0 saturated heterocycles. The van der Waals surface area contributed by atoms with E-state index in [1.807, 2.05) is 43.3 Å². The number of hydrogen-bond acceptors (Lipinski definition) is 4. The van der Waals surface area contributed by atoms with E-state index in [0.29, 0.717) is 23.3 Å². The zero-order valence-corrected chi connectivity index (χ0v) is 18.0. The number of aliphatic carboxylic acids is 1. The number of furan rings is 1. The van der Waals surface area contributed by atoms with Crippen LogP contribution in [-0.4, -0.2) is 17.6 Å². The summed E-state index contributed by atoms with van der Waals surface area (Å²) in [4.78, 5) is 11.0. The number of halogens is 1. The first-order valence-electron chi connectivity index (χ1n) is 10.8. The highest BCUT2D eigenvalue weighted by molar-refractivity contribution is 5.90. The Bertz CT molecular complexity index is 1450. The van der Waals surface area contributed by atoms with E-state index < -0.39 is 5.97 Å². The topological polar surface area (TPSA) is 86.3 Å². The molecule has 0 radical (unpaired) electrons. The molecule has 0 bridgehead atoms. The fourth-order valence-electron chi connectivity index (χ4n) is 4.81. The summed E-state index contributed by atoms with van der Waals surface area (Å²) in [6.45, 7) is 1.84. The number of nitriles is 1. The first-order valence-corrected chi connectivity index (χ1v) is 10.8. The zero-order chi connectivity index (χ0) is 23.1. The molecule has 1 aliphatic rings. The molecule has 0 fully saturated rings. The lowest BCUT2D eigenvalue weighted by atomic mass is 9.95. The summed E-state index contributed by atoms with van der Waals surface area (Å²) in [5.41, 5.74) is 6.44. The molecule has 0 amide bonds. The van der Waals surface area contributed by atoms with E-state index in [1.165, 1.54) is 12.1 Å². The highest BCUT2D eigenvalue weighted by Gasteiger charge is 2.28. The molecule has 5 rings (SSSR count). The maximum Gasteiger partial charge on any atom is 0.317 e. The maximum absolute atomic E-state index is 13.8. The van der Waals surface area contributed by atoms with Crippen LogP contribution in [0.1, 0.15) is 34.7 Å². The third-order valence-electron chi connectivity index (χ3n) is 6.35. The summed E-state index contributed by atoms with van der Waals surface area (Å²) in [5, 5.41) is 22.8. The minimum Gasteiger partial charge on any atom is -0.480 e. The minimum atomic E-state index is -0.913. The van der Waals surface area contributed by atoms with Crippen molar-refractivity contribution in [1.82, 2.24) is 5.32 Å². The molecule has 1 heterocycles. The van der Waals surface area contributed by atoms with Crippen LogP contribution in [0, 0.1) is 24.1 Å². The summed E-state index contributed by atoms with van der Waals surface area (Å²) >= 11 is 0. The van der Waals surface area contributed by atoms with Crippen molar-refractivity contribution in [1.29, 1.82) is 5.26 Å². The molecule has 1 unspecified atom stereocenters. The van der Waals surface area contributed by atoms with Crippen LogP contribution in [-0.2, 0) is 11.2 Å². The summed E-state index contributed by atoms with van der Waals surface area (Å²) in [6.07, 6.45) is 1.43. The molecule has 3 aromatic carbocycles. The summed E-state index contributed by atoms with van der Waals surface area (Å²) in [7, 11) is 0. The molecule has 2 N–H and O–H groups in total. The SMILES string of the molecule is Cc1c(-c2cccc(F)c2)cccc1-c1cc2cc3c(c(C#N)c2o1)CCC3NCC(=O)O. The second-order valence-corrected chi connectivity index (χ2v) is 8.31. The Morgan fingerprint density at radius 3 is 2.76 bits per heavy atom. The standard InChI is InChI=1S/C27H21FN2O3/c1-15-19(16-4-2-5-18(28)10-16)6-3-7-20(15)25-12-17-11-22-21(23(13-29)27(17)33-25)8-9-24(22)30-14-26(31)32/h2-7,10-12,24,30H,8-9,14H2,1H3,(H,31,32). The summed E-state index contributed by atoms with van der Waals surface area (Å²) < 4.78 is 20.0. The van der Waals surface area contributed by atoms with Gasteiger partial charge >= 0.3 is 5.97 Å². The Morgan fingerprint density at radius 1 is 1.21 bits per heavy atom. The minimum absolute atomic E-state index is 0.107. The fraction of sp³-hybridized carbons (Fsp3) is 0.185. The largest absolute Gasteiger partial charge is 0.480 e. The van der Waals surface area contributed by atoms with Gasteiger partial charge in [-0.25, -0.2) is 4.39 Å². The number of rotatable bonds is 5. The van der Waals surface area contributed by atoms with Crippen molar-refractivity contribution in [3.05, 3.63) is 82.7 Å². The second kappa shape index (κ2) is 8.19. The van der Waals surface area contributed by atoms with Gasteiger partial charge in [0.05, 0.1) is 12.1 Å². The van der Waals surface area contributed by atoms with Crippen LogP contribution in [0.25, 0.3) is 33.4 Å². The molecule has 1 atom stereocenters. The van der Waals surface area contributed by atoms with Crippen molar-refractivity contribution >= 4 is 16.9 Å². The maximum atomic E-state index is 13.8. The fourth-order valence-corrected chi connectivity index (χ4v) is 4.81. The van der Waals surface area contributed by atoms with Gasteiger partial charge in [-0.15, -0.1) is 0 Å². The van der Waals surface area contributed by atoms with Crippen LogP contribution in [0.3, 0.4) is 0 Å². The Hall–Kier alpha value is -3.95. The van der Waals surface area contributed by atoms with E-state index in [9.17, 15) is 14.4 Å². The van der Waals surface area contributed by atoms with Gasteiger partial charge < -0.3 is 14.8 Å². The first-order chi connectivity index (χ1) is 16.0. The number of fused-ring (bicyclic) bond motifs is 2. The van der Waals surface area contributed by atoms with Gasteiger partial charge in [-0.1, -0.05) is 30.3 Å². The van der Waals surface area contributed by atoms with Crippen molar-refractivity contribution in [2.24, 2.45) is 0 Å². The third-order valence-corrected chi connectivity index (χ3v) is 6.35. The highest BCUT2D eigenvalue weighted by atomic mass is 19.1. The van der Waals surface area contributed by atoms with Crippen molar-refractivity contribution in [2.75, 3.05) is 6.54 Å². The molecule has 33 heavy (non-hydrogen) atoms. The van der Waals surface area contributed by atoms with Crippen LogP contribution in [0.15, 0.2) is 59.0 Å². The number of carbonyl (C=O) groups is 1. The quantitative estimate of drug-likeness (QED) is 0.413. The van der Waals surface area contributed by atoms with Crippen molar-refractivity contribution in [3.63, 3.8) is 0 Å². The van der Waals surface area contributed by atoms with Crippen LogP contribution >= 0.6 is 0 Å². The Kier molecular flexibility index (Phi) is 5.20. The second-order valence-electron chi connectivity index (χ2n) is 8.31. The highest BCUT2D eigenvalue weighted by Crippen LogP contribution is 2.41. The smallest absolute Gasteiger partial charge is 0.317 e. The van der Waals surface area contributed by atoms with Crippen molar-refractivity contribution in [2.45, 2.75) is 25.8 Å². The van der Waals surface area contributed by atoms with Gasteiger partial charge in [-0.3, -0.25) is 4.79 Å². The van der Waals surface area contributed by atoms with Gasteiger partial charge in [0.2, 0.25) is 0 Å². The van der Waals surface area contributed by atoms with Gasteiger partial charge in [0.15, 0.2) is 5.58 Å². The molecule has 164 valence electrons. The molecule has 1 aliphatic carbocycles. The molecule has 0 spiro atoms. The predicted octanol–water partition coefficient (Wildman–Crippen LogP) is 5.75.